The van der Waals surface area contributed by atoms with Gasteiger partial charge in [-0.2, -0.15) is 13.2 Å². The van der Waals surface area contributed by atoms with Gasteiger partial charge in [0.1, 0.15) is 5.37 Å². The van der Waals surface area contributed by atoms with Crippen molar-refractivity contribution in [2.24, 2.45) is 0 Å². The molecule has 2 heterocycles. The molecule has 1 atom stereocenters. The summed E-state index contributed by atoms with van der Waals surface area (Å²) in [6.07, 6.45) is -0.856. The molecule has 2 aromatic carbocycles. The summed E-state index contributed by atoms with van der Waals surface area (Å²) in [5, 5.41) is -0.153. The summed E-state index contributed by atoms with van der Waals surface area (Å²) in [6, 6.07) is 16.8. The van der Waals surface area contributed by atoms with E-state index >= 15 is 0 Å². The zero-order valence-electron chi connectivity index (χ0n) is 14.8. The third-order valence-electron chi connectivity index (χ3n) is 4.64. The fourth-order valence-corrected chi connectivity index (χ4v) is 4.41. The van der Waals surface area contributed by atoms with Crippen LogP contribution in [0.2, 0.25) is 0 Å². The molecule has 3 aromatic rings. The molecule has 0 N–H and O–H groups in total. The van der Waals surface area contributed by atoms with Gasteiger partial charge in [0.15, 0.2) is 0 Å². The van der Waals surface area contributed by atoms with E-state index in [-0.39, 0.29) is 11.3 Å². The molecule has 1 aliphatic rings. The summed E-state index contributed by atoms with van der Waals surface area (Å²) in [5.74, 6) is 0.456. The van der Waals surface area contributed by atoms with Crippen LogP contribution in [-0.4, -0.2) is 21.1 Å². The van der Waals surface area contributed by atoms with Crippen LogP contribution in [0.1, 0.15) is 22.1 Å². The van der Waals surface area contributed by atoms with Crippen LogP contribution in [0.5, 0.6) is 0 Å². The van der Waals surface area contributed by atoms with Crippen LogP contribution in [0.4, 0.5) is 13.2 Å². The van der Waals surface area contributed by atoms with Crippen LogP contribution in [0.25, 0.3) is 5.69 Å². The topological polar surface area (TPSA) is 25.2 Å². The van der Waals surface area contributed by atoms with Crippen LogP contribution in [0.3, 0.4) is 0 Å². The molecule has 144 valence electrons. The maximum Gasteiger partial charge on any atom is 0.416 e. The molecule has 0 saturated carbocycles. The summed E-state index contributed by atoms with van der Waals surface area (Å²) in [7, 11) is 0. The Labute approximate surface area is 164 Å². The standard InChI is InChI=1S/C21H17F3N2OS/c22-21(23,24)17-7-4-8-18(11-17)25-10-9-16(13-25)20-26(19(27)14-28-20)12-15-5-2-1-3-6-15/h1-11,13,20H,12,14H2/t20-/m1/s1. The van der Waals surface area contributed by atoms with E-state index in [1.165, 1.54) is 17.8 Å². The summed E-state index contributed by atoms with van der Waals surface area (Å²) in [5.41, 5.74) is 1.69. The fraction of sp³-hybridized carbons (Fsp3) is 0.190. The molecular weight excluding hydrogens is 385 g/mol. The van der Waals surface area contributed by atoms with Crippen molar-refractivity contribution in [3.8, 4) is 5.69 Å². The van der Waals surface area contributed by atoms with Crippen LogP contribution in [-0.2, 0) is 17.5 Å². The molecule has 3 nitrogen and oxygen atoms in total. The second-order valence-electron chi connectivity index (χ2n) is 6.57. The van der Waals surface area contributed by atoms with Crippen molar-refractivity contribution in [2.45, 2.75) is 18.1 Å². The summed E-state index contributed by atoms with van der Waals surface area (Å²) < 4.78 is 40.6. The Morgan fingerprint density at radius 2 is 1.82 bits per heavy atom. The highest BCUT2D eigenvalue weighted by Gasteiger charge is 2.33. The monoisotopic (exact) mass is 402 g/mol. The number of aromatic nitrogens is 1. The Bertz CT molecular complexity index is 985. The maximum absolute atomic E-state index is 13.0. The largest absolute Gasteiger partial charge is 0.416 e. The first-order valence-corrected chi connectivity index (χ1v) is 9.77. The van der Waals surface area contributed by atoms with Gasteiger partial charge in [0.05, 0.1) is 11.3 Å². The molecule has 0 aliphatic carbocycles. The quantitative estimate of drug-likeness (QED) is 0.594. The summed E-state index contributed by atoms with van der Waals surface area (Å²) in [6.45, 7) is 0.506. The molecule has 0 radical (unpaired) electrons. The van der Waals surface area contributed by atoms with Gasteiger partial charge in [-0.15, -0.1) is 11.8 Å². The lowest BCUT2D eigenvalue weighted by Crippen LogP contribution is -2.27. The van der Waals surface area contributed by atoms with Gasteiger partial charge in [-0.25, -0.2) is 0 Å². The van der Waals surface area contributed by atoms with Gasteiger partial charge < -0.3 is 9.47 Å². The average Bonchev–Trinajstić information content (AvgIpc) is 3.30. The third kappa shape index (κ3) is 3.80. The van der Waals surface area contributed by atoms with Crippen LogP contribution < -0.4 is 0 Å². The number of carbonyl (C=O) groups is 1. The van der Waals surface area contributed by atoms with Crippen molar-refractivity contribution < 1.29 is 18.0 Å². The van der Waals surface area contributed by atoms with Gasteiger partial charge in [0.25, 0.3) is 0 Å². The lowest BCUT2D eigenvalue weighted by atomic mass is 10.2. The first-order chi connectivity index (χ1) is 13.4. The average molecular weight is 402 g/mol. The lowest BCUT2D eigenvalue weighted by Gasteiger charge is -2.23. The van der Waals surface area contributed by atoms with Crippen LogP contribution in [0, 0.1) is 0 Å². The summed E-state index contributed by atoms with van der Waals surface area (Å²) >= 11 is 1.53. The van der Waals surface area contributed by atoms with E-state index in [0.717, 1.165) is 23.3 Å². The molecule has 1 fully saturated rings. The van der Waals surface area contributed by atoms with Crippen molar-refractivity contribution in [3.05, 3.63) is 89.7 Å². The van der Waals surface area contributed by atoms with Crippen molar-refractivity contribution in [3.63, 3.8) is 0 Å². The number of amides is 1. The number of carbonyl (C=O) groups excluding carboxylic acids is 1. The highest BCUT2D eigenvalue weighted by molar-refractivity contribution is 8.00. The third-order valence-corrected chi connectivity index (χ3v) is 5.89. The van der Waals surface area contributed by atoms with Gasteiger partial charge in [-0.1, -0.05) is 36.4 Å². The second-order valence-corrected chi connectivity index (χ2v) is 7.64. The zero-order valence-corrected chi connectivity index (χ0v) is 15.6. The molecule has 1 amide bonds. The van der Waals surface area contributed by atoms with Crippen molar-refractivity contribution in [1.29, 1.82) is 0 Å². The Morgan fingerprint density at radius 3 is 2.57 bits per heavy atom. The molecule has 4 rings (SSSR count). The highest BCUT2D eigenvalue weighted by atomic mass is 32.2. The van der Waals surface area contributed by atoms with E-state index in [9.17, 15) is 18.0 Å². The first-order valence-electron chi connectivity index (χ1n) is 8.72. The number of nitrogens with zero attached hydrogens (tertiary/aromatic N) is 2. The zero-order chi connectivity index (χ0) is 19.7. The molecular formula is C21H17F3N2OS. The number of alkyl halides is 3. The normalized spacial score (nSPS) is 17.3. The number of benzene rings is 2. The molecule has 1 saturated heterocycles. The summed E-state index contributed by atoms with van der Waals surface area (Å²) in [4.78, 5) is 14.2. The fourth-order valence-electron chi connectivity index (χ4n) is 3.24. The van der Waals surface area contributed by atoms with Gasteiger partial charge in [-0.3, -0.25) is 4.79 Å². The number of halogens is 3. The van der Waals surface area contributed by atoms with Gasteiger partial charge >= 0.3 is 6.18 Å². The number of hydrogen-bond acceptors (Lipinski definition) is 2. The van der Waals surface area contributed by atoms with Crippen LogP contribution in [0.15, 0.2) is 73.1 Å². The minimum Gasteiger partial charge on any atom is -0.323 e. The second kappa shape index (κ2) is 7.39. The van der Waals surface area contributed by atoms with Crippen molar-refractivity contribution in [2.75, 3.05) is 5.75 Å². The predicted octanol–water partition coefficient (Wildman–Crippen LogP) is 5.27. The van der Waals surface area contributed by atoms with E-state index in [1.807, 2.05) is 41.3 Å². The van der Waals surface area contributed by atoms with E-state index < -0.39 is 11.7 Å². The van der Waals surface area contributed by atoms with Gasteiger partial charge in [0, 0.05) is 30.2 Å². The molecule has 28 heavy (non-hydrogen) atoms. The molecule has 1 aromatic heterocycles. The molecule has 0 bridgehead atoms. The lowest BCUT2D eigenvalue weighted by molar-refractivity contribution is -0.137. The van der Waals surface area contributed by atoms with E-state index in [2.05, 4.69) is 0 Å². The Kier molecular flexibility index (Phi) is 4.93. The Hall–Kier alpha value is -2.67. The first kappa shape index (κ1) is 18.7. The predicted molar refractivity (Wildman–Crippen MR) is 103 cm³/mol. The van der Waals surface area contributed by atoms with E-state index in [1.54, 1.807) is 23.0 Å². The number of thioether (sulfide) groups is 1. The molecule has 7 heteroatoms. The van der Waals surface area contributed by atoms with Gasteiger partial charge in [0.2, 0.25) is 5.91 Å². The Morgan fingerprint density at radius 1 is 1.04 bits per heavy atom. The van der Waals surface area contributed by atoms with Crippen molar-refractivity contribution in [1.82, 2.24) is 9.47 Å². The SMILES string of the molecule is O=C1CS[C@H](c2ccn(-c3cccc(C(F)(F)F)c3)c2)N1Cc1ccccc1. The number of rotatable bonds is 4. The van der Waals surface area contributed by atoms with E-state index in [0.29, 0.717) is 18.0 Å². The smallest absolute Gasteiger partial charge is 0.323 e. The highest BCUT2D eigenvalue weighted by Crippen LogP contribution is 2.40. The number of hydrogen-bond donors (Lipinski definition) is 0. The van der Waals surface area contributed by atoms with Gasteiger partial charge in [-0.05, 0) is 29.8 Å². The molecule has 0 spiro atoms. The minimum absolute atomic E-state index is 0.0608. The molecule has 1 aliphatic heterocycles. The minimum atomic E-state index is -4.38. The Balaban J connectivity index is 1.59. The molecule has 0 unspecified atom stereocenters. The maximum atomic E-state index is 13.0. The van der Waals surface area contributed by atoms with E-state index in [4.69, 9.17) is 0 Å². The van der Waals surface area contributed by atoms with Crippen molar-refractivity contribution >= 4 is 17.7 Å². The van der Waals surface area contributed by atoms with Crippen LogP contribution >= 0.6 is 11.8 Å².